The Balaban J connectivity index is 1.90. The first-order valence-electron chi connectivity index (χ1n) is 7.37. The van der Waals surface area contributed by atoms with Gasteiger partial charge in [0, 0.05) is 19.7 Å². The number of carbonyl (C=O) groups excluding carboxylic acids is 2. The third-order valence-electron chi connectivity index (χ3n) is 3.14. The molecule has 7 nitrogen and oxygen atoms in total. The Hall–Kier alpha value is -2.35. The van der Waals surface area contributed by atoms with Crippen molar-refractivity contribution in [1.82, 2.24) is 20.4 Å². The van der Waals surface area contributed by atoms with E-state index < -0.39 is 0 Å². The van der Waals surface area contributed by atoms with Crippen LogP contribution in [0.3, 0.4) is 0 Å². The minimum absolute atomic E-state index is 0.0238. The molecule has 24 heavy (non-hydrogen) atoms. The number of likely N-dealkylation sites (N-methyl/N-ethyl adjacent to an activating group) is 1. The topological polar surface area (TPSA) is 88.3 Å². The molecule has 2 amide bonds. The van der Waals surface area contributed by atoms with Gasteiger partial charge in [-0.3, -0.25) is 9.59 Å². The predicted molar refractivity (Wildman–Crippen MR) is 91.6 cm³/mol. The van der Waals surface area contributed by atoms with Crippen molar-refractivity contribution in [2.45, 2.75) is 19.1 Å². The van der Waals surface area contributed by atoms with Crippen LogP contribution in [0.15, 0.2) is 27.8 Å². The molecule has 1 aromatic heterocycles. The van der Waals surface area contributed by atoms with Crippen LogP contribution in [0.25, 0.3) is 11.5 Å². The Morgan fingerprint density at radius 3 is 2.46 bits per heavy atom. The highest BCUT2D eigenvalue weighted by molar-refractivity contribution is 7.99. The van der Waals surface area contributed by atoms with Crippen molar-refractivity contribution < 1.29 is 14.0 Å². The lowest BCUT2D eigenvalue weighted by molar-refractivity contribution is -0.130. The maximum absolute atomic E-state index is 11.7. The lowest BCUT2D eigenvalue weighted by atomic mass is 10.1. The number of carbonyl (C=O) groups is 2. The molecule has 0 saturated heterocycles. The molecule has 8 heteroatoms. The Bertz CT molecular complexity index is 722. The number of hydrogen-bond acceptors (Lipinski definition) is 6. The van der Waals surface area contributed by atoms with Gasteiger partial charge in [-0.25, -0.2) is 0 Å². The minimum atomic E-state index is -0.263. The first kappa shape index (κ1) is 18.0. The fourth-order valence-electron chi connectivity index (χ4n) is 1.99. The van der Waals surface area contributed by atoms with Crippen molar-refractivity contribution in [3.05, 3.63) is 29.3 Å². The second kappa shape index (κ2) is 7.96. The molecular formula is C16H20N4O3S. The van der Waals surface area contributed by atoms with Gasteiger partial charge < -0.3 is 14.6 Å². The van der Waals surface area contributed by atoms with Crippen LogP contribution in [-0.2, 0) is 9.59 Å². The zero-order valence-electron chi connectivity index (χ0n) is 14.1. The molecule has 0 atom stereocenters. The summed E-state index contributed by atoms with van der Waals surface area (Å²) in [7, 11) is 3.27. The number of rotatable bonds is 6. The number of thioether (sulfide) groups is 1. The highest BCUT2D eigenvalue weighted by atomic mass is 32.2. The number of hydrogen-bond donors (Lipinski definition) is 1. The molecule has 1 N–H and O–H groups in total. The maximum atomic E-state index is 11.7. The number of nitrogens with zero attached hydrogens (tertiary/aromatic N) is 3. The van der Waals surface area contributed by atoms with E-state index >= 15 is 0 Å². The molecule has 0 radical (unpaired) electrons. The summed E-state index contributed by atoms with van der Waals surface area (Å²) in [4.78, 5) is 24.5. The molecule has 0 spiro atoms. The highest BCUT2D eigenvalue weighted by Gasteiger charge is 2.13. The monoisotopic (exact) mass is 348 g/mol. The highest BCUT2D eigenvalue weighted by Crippen LogP contribution is 2.24. The van der Waals surface area contributed by atoms with Crippen LogP contribution in [0.2, 0.25) is 0 Å². The fraction of sp³-hybridized carbons (Fsp3) is 0.375. The molecule has 2 aromatic rings. The third-order valence-corrected chi connectivity index (χ3v) is 3.96. The quantitative estimate of drug-likeness (QED) is 0.799. The number of aryl methyl sites for hydroxylation is 2. The second-order valence-corrected chi connectivity index (χ2v) is 6.53. The summed E-state index contributed by atoms with van der Waals surface area (Å²) < 4.78 is 5.58. The Morgan fingerprint density at radius 2 is 1.83 bits per heavy atom. The molecule has 2 rings (SSSR count). The summed E-state index contributed by atoms with van der Waals surface area (Å²) in [6.45, 7) is 3.98. The van der Waals surface area contributed by atoms with Gasteiger partial charge in [-0.2, -0.15) is 0 Å². The summed E-state index contributed by atoms with van der Waals surface area (Å²) in [5.74, 6) is 0.104. The molecular weight excluding hydrogens is 328 g/mol. The van der Waals surface area contributed by atoms with Crippen LogP contribution in [0.4, 0.5) is 0 Å². The lowest BCUT2D eigenvalue weighted by Crippen LogP contribution is -2.36. The zero-order chi connectivity index (χ0) is 17.7. The molecule has 0 aliphatic rings. The van der Waals surface area contributed by atoms with Crippen molar-refractivity contribution in [1.29, 1.82) is 0 Å². The Labute approximate surface area is 144 Å². The van der Waals surface area contributed by atoms with E-state index in [1.54, 1.807) is 14.1 Å². The van der Waals surface area contributed by atoms with Crippen molar-refractivity contribution in [3.8, 4) is 11.5 Å². The van der Waals surface area contributed by atoms with E-state index in [9.17, 15) is 9.59 Å². The van der Waals surface area contributed by atoms with Crippen molar-refractivity contribution in [2.75, 3.05) is 26.4 Å². The fourth-order valence-corrected chi connectivity index (χ4v) is 2.59. The first-order valence-corrected chi connectivity index (χ1v) is 8.35. The number of benzene rings is 1. The summed E-state index contributed by atoms with van der Waals surface area (Å²) >= 11 is 1.14. The molecule has 0 fully saturated rings. The summed E-state index contributed by atoms with van der Waals surface area (Å²) in [5.41, 5.74) is 3.08. The SMILES string of the molecule is Cc1cc(C)cc(-c2nnc(SCC(=O)NCC(=O)N(C)C)o2)c1. The van der Waals surface area contributed by atoms with E-state index in [-0.39, 0.29) is 24.1 Å². The van der Waals surface area contributed by atoms with Gasteiger partial charge >= 0.3 is 0 Å². The molecule has 128 valence electrons. The molecule has 1 aromatic carbocycles. The third kappa shape index (κ3) is 5.09. The van der Waals surface area contributed by atoms with Crippen molar-refractivity contribution in [3.63, 3.8) is 0 Å². The van der Waals surface area contributed by atoms with E-state index in [4.69, 9.17) is 4.42 Å². The molecule has 1 heterocycles. The van der Waals surface area contributed by atoms with Gasteiger partial charge in [0.25, 0.3) is 5.22 Å². The normalized spacial score (nSPS) is 10.5. The standard InChI is InChI=1S/C16H20N4O3S/c1-10-5-11(2)7-12(6-10)15-18-19-16(23-15)24-9-13(21)17-8-14(22)20(3)4/h5-7H,8-9H2,1-4H3,(H,17,21). The van der Waals surface area contributed by atoms with Crippen molar-refractivity contribution >= 4 is 23.6 Å². The van der Waals surface area contributed by atoms with Gasteiger partial charge in [-0.15, -0.1) is 10.2 Å². The van der Waals surface area contributed by atoms with Crippen LogP contribution in [-0.4, -0.2) is 53.3 Å². The van der Waals surface area contributed by atoms with Crippen LogP contribution >= 0.6 is 11.8 Å². The molecule has 0 saturated carbocycles. The van der Waals surface area contributed by atoms with E-state index in [0.717, 1.165) is 28.5 Å². The number of aromatic nitrogens is 2. The van der Waals surface area contributed by atoms with E-state index in [2.05, 4.69) is 21.6 Å². The molecule has 0 aliphatic heterocycles. The summed E-state index contributed by atoms with van der Waals surface area (Å²) in [6, 6.07) is 6.00. The van der Waals surface area contributed by atoms with E-state index in [1.165, 1.54) is 4.90 Å². The predicted octanol–water partition coefficient (Wildman–Crippen LogP) is 1.65. The number of amides is 2. The van der Waals surface area contributed by atoms with Gasteiger partial charge in [0.1, 0.15) is 0 Å². The van der Waals surface area contributed by atoms with Gasteiger partial charge in [-0.1, -0.05) is 29.0 Å². The van der Waals surface area contributed by atoms with Gasteiger partial charge in [0.05, 0.1) is 12.3 Å². The van der Waals surface area contributed by atoms with E-state index in [1.807, 2.05) is 26.0 Å². The zero-order valence-corrected chi connectivity index (χ0v) is 14.9. The van der Waals surface area contributed by atoms with E-state index in [0.29, 0.717) is 11.1 Å². The molecule has 0 bridgehead atoms. The van der Waals surface area contributed by atoms with Gasteiger partial charge in [0.15, 0.2) is 0 Å². The average Bonchev–Trinajstić information content (AvgIpc) is 2.98. The second-order valence-electron chi connectivity index (χ2n) is 5.60. The summed E-state index contributed by atoms with van der Waals surface area (Å²) in [5, 5.41) is 10.8. The smallest absolute Gasteiger partial charge is 0.277 e. The minimum Gasteiger partial charge on any atom is -0.411 e. The average molecular weight is 348 g/mol. The van der Waals surface area contributed by atoms with Crippen LogP contribution in [0.1, 0.15) is 11.1 Å². The van der Waals surface area contributed by atoms with Gasteiger partial charge in [-0.05, 0) is 26.0 Å². The molecule has 0 aliphatic carbocycles. The maximum Gasteiger partial charge on any atom is 0.277 e. The van der Waals surface area contributed by atoms with Crippen LogP contribution in [0.5, 0.6) is 0 Å². The van der Waals surface area contributed by atoms with Gasteiger partial charge in [0.2, 0.25) is 17.7 Å². The summed E-state index contributed by atoms with van der Waals surface area (Å²) in [6.07, 6.45) is 0. The van der Waals surface area contributed by atoms with Crippen molar-refractivity contribution in [2.24, 2.45) is 0 Å². The number of nitrogens with one attached hydrogen (secondary N) is 1. The largest absolute Gasteiger partial charge is 0.411 e. The lowest BCUT2D eigenvalue weighted by Gasteiger charge is -2.10. The Kier molecular flexibility index (Phi) is 5.97. The van der Waals surface area contributed by atoms with Crippen LogP contribution < -0.4 is 5.32 Å². The first-order chi connectivity index (χ1) is 11.3. The van der Waals surface area contributed by atoms with Crippen LogP contribution in [0, 0.1) is 13.8 Å². The Morgan fingerprint density at radius 1 is 1.17 bits per heavy atom. The molecule has 0 unspecified atom stereocenters.